The van der Waals surface area contributed by atoms with Gasteiger partial charge in [0.15, 0.2) is 0 Å². The van der Waals surface area contributed by atoms with Gasteiger partial charge in [-0.3, -0.25) is 0 Å². The van der Waals surface area contributed by atoms with Crippen molar-refractivity contribution in [3.8, 4) is 0 Å². The third kappa shape index (κ3) is 3.63. The van der Waals surface area contributed by atoms with Crippen molar-refractivity contribution >= 4 is 34.3 Å². The molecule has 0 atom stereocenters. The summed E-state index contributed by atoms with van der Waals surface area (Å²) in [6.45, 7) is 2.23. The maximum atomic E-state index is 6.22. The molecule has 1 nitrogen and oxygen atoms in total. The van der Waals surface area contributed by atoms with Crippen LogP contribution in [0.5, 0.6) is 0 Å². The summed E-state index contributed by atoms with van der Waals surface area (Å²) < 4.78 is 0. The Morgan fingerprint density at radius 2 is 2.06 bits per heavy atom. The number of halogens is 1. The van der Waals surface area contributed by atoms with Crippen LogP contribution in [0.4, 0.5) is 0 Å². The third-order valence-electron chi connectivity index (χ3n) is 2.90. The first-order valence-electron chi connectivity index (χ1n) is 6.43. The molecule has 1 aromatic heterocycles. The Hall–Kier alpha value is -0.730. The Bertz CT molecular complexity index is 513. The summed E-state index contributed by atoms with van der Waals surface area (Å²) in [6, 6.07) is 10.3. The molecule has 0 saturated heterocycles. The minimum absolute atomic E-state index is 0.650. The van der Waals surface area contributed by atoms with Gasteiger partial charge in [0.25, 0.3) is 0 Å². The van der Waals surface area contributed by atoms with Gasteiger partial charge in [-0.05, 0) is 24.3 Å². The summed E-state index contributed by atoms with van der Waals surface area (Å²) in [4.78, 5) is 4.44. The lowest BCUT2D eigenvalue weighted by molar-refractivity contribution is 0.778. The van der Waals surface area contributed by atoms with Crippen molar-refractivity contribution < 1.29 is 0 Å². The molecular weight excluding hydrogens is 262 g/mol. The van der Waals surface area contributed by atoms with Crippen molar-refractivity contribution in [2.24, 2.45) is 0 Å². The van der Waals surface area contributed by atoms with Gasteiger partial charge in [-0.15, -0.1) is 0 Å². The molecule has 0 N–H and O–H groups in total. The fourth-order valence-electron chi connectivity index (χ4n) is 1.87. The molecule has 0 radical (unpaired) electrons. The first kappa shape index (κ1) is 13.7. The highest BCUT2D eigenvalue weighted by Crippen LogP contribution is 2.24. The van der Waals surface area contributed by atoms with Gasteiger partial charge in [-0.1, -0.05) is 49.6 Å². The van der Waals surface area contributed by atoms with Gasteiger partial charge >= 0.3 is 0 Å². The first-order valence-corrected chi connectivity index (χ1v) is 7.96. The van der Waals surface area contributed by atoms with Crippen molar-refractivity contribution in [1.29, 1.82) is 0 Å². The molecule has 2 rings (SSSR count). The van der Waals surface area contributed by atoms with Crippen LogP contribution in [0, 0.1) is 0 Å². The molecule has 0 unspecified atom stereocenters. The van der Waals surface area contributed by atoms with Crippen LogP contribution in [0.2, 0.25) is 5.15 Å². The van der Waals surface area contributed by atoms with E-state index in [1.807, 2.05) is 30.0 Å². The first-order chi connectivity index (χ1) is 8.81. The van der Waals surface area contributed by atoms with Gasteiger partial charge in [-0.2, -0.15) is 11.8 Å². The fourth-order valence-corrected chi connectivity index (χ4v) is 3.16. The minimum Gasteiger partial charge on any atom is -0.236 e. The number of aromatic nitrogens is 1. The van der Waals surface area contributed by atoms with Gasteiger partial charge in [0.2, 0.25) is 0 Å². The third-order valence-corrected chi connectivity index (χ3v) is 4.32. The average molecular weight is 280 g/mol. The van der Waals surface area contributed by atoms with Gasteiger partial charge < -0.3 is 0 Å². The summed E-state index contributed by atoms with van der Waals surface area (Å²) in [6.07, 6.45) is 3.88. The molecule has 0 aliphatic carbocycles. The van der Waals surface area contributed by atoms with Crippen LogP contribution in [0.1, 0.15) is 31.7 Å². The van der Waals surface area contributed by atoms with E-state index in [1.165, 1.54) is 30.4 Å². The van der Waals surface area contributed by atoms with E-state index < -0.39 is 0 Å². The van der Waals surface area contributed by atoms with Crippen molar-refractivity contribution in [2.75, 3.05) is 5.75 Å². The molecule has 0 fully saturated rings. The zero-order chi connectivity index (χ0) is 12.8. The monoisotopic (exact) mass is 279 g/mol. The van der Waals surface area contributed by atoms with Crippen molar-refractivity contribution in [3.63, 3.8) is 0 Å². The van der Waals surface area contributed by atoms with Crippen molar-refractivity contribution in [1.82, 2.24) is 4.98 Å². The number of thioether (sulfide) groups is 1. The minimum atomic E-state index is 0.650. The predicted octanol–water partition coefficient (Wildman–Crippen LogP) is 5.31. The second-order valence-electron chi connectivity index (χ2n) is 4.39. The Balaban J connectivity index is 2.01. The van der Waals surface area contributed by atoms with Crippen LogP contribution >= 0.6 is 23.4 Å². The molecule has 2 aromatic rings. The summed E-state index contributed by atoms with van der Waals surface area (Å²) >= 11 is 8.16. The number of para-hydroxylation sites is 1. The summed E-state index contributed by atoms with van der Waals surface area (Å²) in [5.41, 5.74) is 2.12. The summed E-state index contributed by atoms with van der Waals surface area (Å²) in [7, 11) is 0. The summed E-state index contributed by atoms with van der Waals surface area (Å²) in [5, 5.41) is 1.82. The number of hydrogen-bond donors (Lipinski definition) is 0. The number of fused-ring (bicyclic) bond motifs is 1. The standard InChI is InChI=1S/C15H18ClNS/c1-2-3-6-9-18-11-13-10-12-7-4-5-8-14(12)17-15(13)16/h4-5,7-8,10H,2-3,6,9,11H2,1H3. The Morgan fingerprint density at radius 3 is 2.89 bits per heavy atom. The van der Waals surface area contributed by atoms with Gasteiger partial charge in [0.05, 0.1) is 5.52 Å². The van der Waals surface area contributed by atoms with Crippen molar-refractivity contribution in [2.45, 2.75) is 31.9 Å². The maximum absolute atomic E-state index is 6.22. The SMILES string of the molecule is CCCCCSCc1cc2ccccc2nc1Cl. The zero-order valence-electron chi connectivity index (χ0n) is 10.7. The van der Waals surface area contributed by atoms with Crippen LogP contribution in [-0.2, 0) is 5.75 Å². The molecule has 0 amide bonds. The van der Waals surface area contributed by atoms with Gasteiger partial charge in [-0.25, -0.2) is 4.98 Å². The van der Waals surface area contributed by atoms with Gasteiger partial charge in [0, 0.05) is 16.7 Å². The quantitative estimate of drug-likeness (QED) is 0.525. The Labute approximate surface area is 118 Å². The summed E-state index contributed by atoms with van der Waals surface area (Å²) in [5.74, 6) is 2.16. The molecule has 1 aromatic carbocycles. The number of nitrogens with zero attached hydrogens (tertiary/aromatic N) is 1. The average Bonchev–Trinajstić information content (AvgIpc) is 2.39. The lowest BCUT2D eigenvalue weighted by atomic mass is 10.2. The van der Waals surface area contributed by atoms with Crippen LogP contribution in [0.25, 0.3) is 10.9 Å². The second-order valence-corrected chi connectivity index (χ2v) is 5.85. The highest BCUT2D eigenvalue weighted by molar-refractivity contribution is 7.98. The van der Waals surface area contributed by atoms with E-state index >= 15 is 0 Å². The van der Waals surface area contributed by atoms with Crippen LogP contribution in [0.3, 0.4) is 0 Å². The topological polar surface area (TPSA) is 12.9 Å². The molecule has 3 heteroatoms. The molecule has 96 valence electrons. The fraction of sp³-hybridized carbons (Fsp3) is 0.400. The molecular formula is C15H18ClNS. The number of pyridine rings is 1. The number of hydrogen-bond acceptors (Lipinski definition) is 2. The lowest BCUT2D eigenvalue weighted by Crippen LogP contribution is -1.89. The zero-order valence-corrected chi connectivity index (χ0v) is 12.2. The van der Waals surface area contributed by atoms with E-state index in [0.717, 1.165) is 16.8 Å². The van der Waals surface area contributed by atoms with Crippen LogP contribution in [-0.4, -0.2) is 10.7 Å². The normalized spacial score (nSPS) is 11.0. The van der Waals surface area contributed by atoms with E-state index in [4.69, 9.17) is 11.6 Å². The Kier molecular flexibility index (Phi) is 5.33. The highest BCUT2D eigenvalue weighted by atomic mass is 35.5. The second kappa shape index (κ2) is 7.01. The van der Waals surface area contributed by atoms with Gasteiger partial charge in [0.1, 0.15) is 5.15 Å². The van der Waals surface area contributed by atoms with Crippen LogP contribution in [0.15, 0.2) is 30.3 Å². The molecule has 0 aliphatic heterocycles. The van der Waals surface area contributed by atoms with E-state index in [0.29, 0.717) is 5.15 Å². The van der Waals surface area contributed by atoms with E-state index in [9.17, 15) is 0 Å². The molecule has 0 spiro atoms. The highest BCUT2D eigenvalue weighted by Gasteiger charge is 2.04. The lowest BCUT2D eigenvalue weighted by Gasteiger charge is -2.06. The number of rotatable bonds is 6. The molecule has 18 heavy (non-hydrogen) atoms. The molecule has 0 aliphatic rings. The number of benzene rings is 1. The van der Waals surface area contributed by atoms with E-state index in [-0.39, 0.29) is 0 Å². The van der Waals surface area contributed by atoms with Crippen LogP contribution < -0.4 is 0 Å². The predicted molar refractivity (Wildman–Crippen MR) is 82.4 cm³/mol. The molecule has 0 saturated carbocycles. The van der Waals surface area contributed by atoms with E-state index in [2.05, 4.69) is 24.0 Å². The molecule has 0 bridgehead atoms. The largest absolute Gasteiger partial charge is 0.236 e. The molecule has 1 heterocycles. The van der Waals surface area contributed by atoms with Crippen molar-refractivity contribution in [3.05, 3.63) is 41.0 Å². The smallest absolute Gasteiger partial charge is 0.133 e. The number of unbranched alkanes of at least 4 members (excludes halogenated alkanes) is 2. The maximum Gasteiger partial charge on any atom is 0.133 e. The Morgan fingerprint density at radius 1 is 1.22 bits per heavy atom. The van der Waals surface area contributed by atoms with E-state index in [1.54, 1.807) is 0 Å².